The molecule has 0 spiro atoms. The number of aromatic amines is 1. The molecule has 2 N–H and O–H groups in total. The molecule has 116 valence electrons. The summed E-state index contributed by atoms with van der Waals surface area (Å²) in [6.07, 6.45) is 1.43. The average Bonchev–Trinajstić information content (AvgIpc) is 2.51. The van der Waals surface area contributed by atoms with Gasteiger partial charge in [-0.3, -0.25) is 9.59 Å². The van der Waals surface area contributed by atoms with Crippen molar-refractivity contribution in [3.05, 3.63) is 74.5 Å². The lowest BCUT2D eigenvalue weighted by Gasteiger charge is -2.09. The van der Waals surface area contributed by atoms with Crippen LogP contribution in [0.15, 0.2) is 47.4 Å². The number of carbonyl (C=O) groups excluding carboxylic acids is 1. The quantitative estimate of drug-likeness (QED) is 0.746. The molecule has 0 saturated carbocycles. The molecule has 0 bridgehead atoms. The zero-order chi connectivity index (χ0) is 16.6. The first-order valence-electron chi connectivity index (χ1n) is 7.15. The Bertz CT molecular complexity index is 976. The molecule has 0 radical (unpaired) electrons. The summed E-state index contributed by atoms with van der Waals surface area (Å²) in [7, 11) is 0. The fraction of sp³-hybridized carbons (Fsp3) is 0.111. The monoisotopic (exact) mass is 326 g/mol. The highest BCUT2D eigenvalue weighted by atomic mass is 35.5. The smallest absolute Gasteiger partial charge is 0.261 e. The second kappa shape index (κ2) is 5.89. The van der Waals surface area contributed by atoms with Crippen molar-refractivity contribution in [3.63, 3.8) is 0 Å². The van der Waals surface area contributed by atoms with E-state index in [1.165, 1.54) is 6.20 Å². The Balaban J connectivity index is 2.01. The Labute approximate surface area is 138 Å². The predicted molar refractivity (Wildman–Crippen MR) is 93.4 cm³/mol. The molecule has 3 rings (SSSR count). The number of hydrogen-bond acceptors (Lipinski definition) is 2. The summed E-state index contributed by atoms with van der Waals surface area (Å²) in [5.41, 5.74) is 3.09. The van der Waals surface area contributed by atoms with Crippen LogP contribution >= 0.6 is 11.6 Å². The molecule has 2 aromatic carbocycles. The van der Waals surface area contributed by atoms with Crippen LogP contribution in [0.5, 0.6) is 0 Å². The first kappa shape index (κ1) is 15.3. The number of H-pyrrole nitrogens is 1. The molecule has 0 unspecified atom stereocenters. The third-order valence-electron chi connectivity index (χ3n) is 3.72. The Morgan fingerprint density at radius 1 is 1.13 bits per heavy atom. The van der Waals surface area contributed by atoms with Gasteiger partial charge < -0.3 is 10.3 Å². The van der Waals surface area contributed by atoms with E-state index in [2.05, 4.69) is 10.3 Å². The normalized spacial score (nSPS) is 10.7. The van der Waals surface area contributed by atoms with Gasteiger partial charge in [-0.1, -0.05) is 29.3 Å². The Morgan fingerprint density at radius 2 is 1.91 bits per heavy atom. The van der Waals surface area contributed by atoms with E-state index < -0.39 is 5.91 Å². The van der Waals surface area contributed by atoms with Crippen molar-refractivity contribution in [1.82, 2.24) is 4.98 Å². The topological polar surface area (TPSA) is 62.0 Å². The van der Waals surface area contributed by atoms with Gasteiger partial charge in [0.15, 0.2) is 0 Å². The van der Waals surface area contributed by atoms with Crippen molar-refractivity contribution in [2.45, 2.75) is 13.8 Å². The highest BCUT2D eigenvalue weighted by Crippen LogP contribution is 2.18. The zero-order valence-electron chi connectivity index (χ0n) is 12.7. The van der Waals surface area contributed by atoms with Crippen molar-refractivity contribution < 1.29 is 4.79 Å². The molecule has 3 aromatic rings. The third-order valence-corrected chi connectivity index (χ3v) is 3.95. The van der Waals surface area contributed by atoms with Gasteiger partial charge in [-0.05, 0) is 43.7 Å². The molecule has 1 amide bonds. The zero-order valence-corrected chi connectivity index (χ0v) is 13.5. The summed E-state index contributed by atoms with van der Waals surface area (Å²) in [5.74, 6) is -0.444. The molecule has 5 heteroatoms. The van der Waals surface area contributed by atoms with Gasteiger partial charge in [-0.2, -0.15) is 0 Å². The minimum absolute atomic E-state index is 0.0553. The lowest BCUT2D eigenvalue weighted by molar-refractivity contribution is 0.102. The standard InChI is InChI=1S/C18H15ClN2O2/c1-10-3-5-15(11(2)7-10)21-18(23)14-9-20-16-6-4-12(19)8-13(16)17(14)22/h3-9H,1-2H3,(H,20,22)(H,21,23). The number of aromatic nitrogens is 1. The van der Waals surface area contributed by atoms with E-state index in [9.17, 15) is 9.59 Å². The first-order valence-corrected chi connectivity index (χ1v) is 7.53. The Morgan fingerprint density at radius 3 is 2.65 bits per heavy atom. The van der Waals surface area contributed by atoms with Gasteiger partial charge in [-0.25, -0.2) is 0 Å². The third kappa shape index (κ3) is 2.98. The van der Waals surface area contributed by atoms with Crippen LogP contribution in [0.4, 0.5) is 5.69 Å². The van der Waals surface area contributed by atoms with Crippen molar-refractivity contribution in [3.8, 4) is 0 Å². The molecule has 23 heavy (non-hydrogen) atoms. The van der Waals surface area contributed by atoms with Gasteiger partial charge in [0, 0.05) is 27.8 Å². The summed E-state index contributed by atoms with van der Waals surface area (Å²) in [6.45, 7) is 3.89. The minimum atomic E-state index is -0.444. The van der Waals surface area contributed by atoms with E-state index in [1.807, 2.05) is 32.0 Å². The second-order valence-corrected chi connectivity index (χ2v) is 5.93. The lowest BCUT2D eigenvalue weighted by atomic mass is 10.1. The number of halogens is 1. The van der Waals surface area contributed by atoms with Crippen molar-refractivity contribution in [1.29, 1.82) is 0 Å². The van der Waals surface area contributed by atoms with Crippen LogP contribution in [0.2, 0.25) is 5.02 Å². The molecule has 0 aliphatic carbocycles. The van der Waals surface area contributed by atoms with Gasteiger partial charge in [0.25, 0.3) is 5.91 Å². The molecule has 1 aromatic heterocycles. The van der Waals surface area contributed by atoms with E-state index in [-0.39, 0.29) is 11.0 Å². The molecule has 0 saturated heterocycles. The van der Waals surface area contributed by atoms with E-state index >= 15 is 0 Å². The maximum Gasteiger partial charge on any atom is 0.261 e. The van der Waals surface area contributed by atoms with E-state index in [4.69, 9.17) is 11.6 Å². The lowest BCUT2D eigenvalue weighted by Crippen LogP contribution is -2.22. The number of hydrogen-bond donors (Lipinski definition) is 2. The van der Waals surface area contributed by atoms with E-state index in [0.29, 0.717) is 21.6 Å². The molecule has 0 atom stereocenters. The highest BCUT2D eigenvalue weighted by molar-refractivity contribution is 6.31. The number of fused-ring (bicyclic) bond motifs is 1. The Hall–Kier alpha value is -2.59. The number of pyridine rings is 1. The molecular weight excluding hydrogens is 312 g/mol. The molecule has 4 nitrogen and oxygen atoms in total. The van der Waals surface area contributed by atoms with Crippen molar-refractivity contribution in [2.24, 2.45) is 0 Å². The van der Waals surface area contributed by atoms with Crippen LogP contribution < -0.4 is 10.7 Å². The number of benzene rings is 2. The van der Waals surface area contributed by atoms with Gasteiger partial charge >= 0.3 is 0 Å². The fourth-order valence-corrected chi connectivity index (χ4v) is 2.68. The maximum absolute atomic E-state index is 12.5. The maximum atomic E-state index is 12.5. The van der Waals surface area contributed by atoms with Gasteiger partial charge in [0.1, 0.15) is 5.56 Å². The summed E-state index contributed by atoms with van der Waals surface area (Å²) in [6, 6.07) is 10.7. The number of anilines is 1. The number of aryl methyl sites for hydroxylation is 2. The van der Waals surface area contributed by atoms with Crippen LogP contribution in [-0.2, 0) is 0 Å². The van der Waals surface area contributed by atoms with E-state index in [1.54, 1.807) is 18.2 Å². The van der Waals surface area contributed by atoms with Crippen LogP contribution in [0.3, 0.4) is 0 Å². The summed E-state index contributed by atoms with van der Waals surface area (Å²) in [5, 5.41) is 3.63. The van der Waals surface area contributed by atoms with Crippen molar-refractivity contribution >= 4 is 34.1 Å². The highest BCUT2D eigenvalue weighted by Gasteiger charge is 2.14. The molecule has 0 fully saturated rings. The number of rotatable bonds is 2. The Kier molecular flexibility index (Phi) is 3.92. The van der Waals surface area contributed by atoms with Crippen LogP contribution in [0.25, 0.3) is 10.9 Å². The van der Waals surface area contributed by atoms with Gasteiger partial charge in [-0.15, -0.1) is 0 Å². The van der Waals surface area contributed by atoms with Crippen LogP contribution in [0, 0.1) is 13.8 Å². The van der Waals surface area contributed by atoms with Crippen LogP contribution in [0.1, 0.15) is 21.5 Å². The number of carbonyl (C=O) groups is 1. The number of nitrogens with one attached hydrogen (secondary N) is 2. The van der Waals surface area contributed by atoms with E-state index in [0.717, 1.165) is 11.1 Å². The number of amides is 1. The molecular formula is C18H15ClN2O2. The summed E-state index contributed by atoms with van der Waals surface area (Å²) < 4.78 is 0. The molecule has 0 aliphatic heterocycles. The average molecular weight is 327 g/mol. The predicted octanol–water partition coefficient (Wildman–Crippen LogP) is 4.05. The first-order chi connectivity index (χ1) is 11.0. The minimum Gasteiger partial charge on any atom is -0.360 e. The molecule has 1 heterocycles. The summed E-state index contributed by atoms with van der Waals surface area (Å²) in [4.78, 5) is 27.9. The van der Waals surface area contributed by atoms with Gasteiger partial charge in [0.2, 0.25) is 5.43 Å². The van der Waals surface area contributed by atoms with Crippen molar-refractivity contribution in [2.75, 3.05) is 5.32 Å². The second-order valence-electron chi connectivity index (χ2n) is 5.49. The fourth-order valence-electron chi connectivity index (χ4n) is 2.50. The van der Waals surface area contributed by atoms with Gasteiger partial charge in [0.05, 0.1) is 0 Å². The molecule has 0 aliphatic rings. The largest absolute Gasteiger partial charge is 0.360 e. The summed E-state index contributed by atoms with van der Waals surface area (Å²) >= 11 is 5.93. The van der Waals surface area contributed by atoms with Crippen LogP contribution in [-0.4, -0.2) is 10.9 Å². The SMILES string of the molecule is Cc1ccc(NC(=O)c2c[nH]c3ccc(Cl)cc3c2=O)c(C)c1.